The van der Waals surface area contributed by atoms with Crippen LogP contribution < -0.4 is 4.74 Å². The van der Waals surface area contributed by atoms with Crippen molar-refractivity contribution in [2.75, 3.05) is 0 Å². The van der Waals surface area contributed by atoms with Crippen LogP contribution in [0.1, 0.15) is 74.9 Å². The average Bonchev–Trinajstić information content (AvgIpc) is 3.47. The van der Waals surface area contributed by atoms with Crippen LogP contribution in [-0.4, -0.2) is 0 Å². The third-order valence-corrected chi connectivity index (χ3v) is 14.0. The zero-order valence-electron chi connectivity index (χ0n) is 28.1. The van der Waals surface area contributed by atoms with Crippen molar-refractivity contribution in [1.29, 1.82) is 0 Å². The lowest BCUT2D eigenvalue weighted by molar-refractivity contribution is 0.457. The molecule has 10 rings (SSSR count). The Bertz CT molecular complexity index is 2410. The first-order chi connectivity index (χ1) is 23.1. The summed E-state index contributed by atoms with van der Waals surface area (Å²) < 4.78 is 7.19. The van der Waals surface area contributed by atoms with Gasteiger partial charge in [0.1, 0.15) is 11.5 Å². The van der Waals surface area contributed by atoms with Crippen molar-refractivity contribution in [2.24, 2.45) is 0 Å². The van der Waals surface area contributed by atoms with Gasteiger partial charge in [0, 0.05) is 42.7 Å². The number of hydrogen-bond donors (Lipinski definition) is 0. The lowest BCUT2D eigenvalue weighted by Gasteiger charge is -2.37. The number of fused-ring (bicyclic) bond motifs is 12. The molecule has 0 unspecified atom stereocenters. The second kappa shape index (κ2) is 9.49. The molecule has 0 radical (unpaired) electrons. The maximum absolute atomic E-state index is 7.19. The Kier molecular flexibility index (Phi) is 5.70. The van der Waals surface area contributed by atoms with Gasteiger partial charge in [-0.05, 0) is 62.2 Å². The Balaban J connectivity index is 1.16. The minimum absolute atomic E-state index is 0.0319. The van der Waals surface area contributed by atoms with E-state index < -0.39 is 0 Å². The van der Waals surface area contributed by atoms with Crippen molar-refractivity contribution in [3.8, 4) is 44.9 Å². The van der Waals surface area contributed by atoms with Crippen molar-refractivity contribution in [3.05, 3.63) is 143 Å². The Morgan fingerprint density at radius 3 is 1.62 bits per heavy atom. The Hall–Kier alpha value is -4.18. The second-order valence-electron chi connectivity index (χ2n) is 15.3. The monoisotopic (exact) mass is 656 g/mol. The van der Waals surface area contributed by atoms with E-state index in [1.807, 2.05) is 23.5 Å². The summed E-state index contributed by atoms with van der Waals surface area (Å²) in [5, 5.41) is 0. The van der Waals surface area contributed by atoms with Crippen molar-refractivity contribution in [1.82, 2.24) is 0 Å². The van der Waals surface area contributed by atoms with Gasteiger partial charge in [-0.3, -0.25) is 0 Å². The van der Waals surface area contributed by atoms with Crippen molar-refractivity contribution >= 4 is 23.5 Å². The van der Waals surface area contributed by atoms with E-state index in [0.29, 0.717) is 0 Å². The Morgan fingerprint density at radius 1 is 0.375 bits per heavy atom. The number of benzene rings is 6. The molecule has 0 atom stereocenters. The standard InChI is InChI=1S/C45H36OS2/c1-43(2)29-17-9-7-13-27(29)37-31(43)23-24-36-40(37)46-39-25(15-12-20-35(39)47-36)26-16-11-19-33-41(26)48-42-34(45(33,5)6)22-21-32-38(42)28-14-8-10-18-30(28)44(32,3)4/h7-24H,1-6H3. The molecular formula is C45H36OS2. The molecule has 4 aliphatic rings. The van der Waals surface area contributed by atoms with E-state index in [2.05, 4.69) is 151 Å². The van der Waals surface area contributed by atoms with Gasteiger partial charge in [-0.2, -0.15) is 0 Å². The van der Waals surface area contributed by atoms with Crippen LogP contribution in [0.3, 0.4) is 0 Å². The van der Waals surface area contributed by atoms with Crippen molar-refractivity contribution < 1.29 is 4.74 Å². The largest absolute Gasteiger partial charge is 0.454 e. The normalized spacial score (nSPS) is 17.5. The summed E-state index contributed by atoms with van der Waals surface area (Å²) in [4.78, 5) is 5.09. The SMILES string of the molecule is CC1(C)c2cccc(-c3cccc4c3Oc3c(ccc5c3-c3ccccc3C5(C)C)S4)c2Sc2c1ccc1c2-c2ccccc2C1(C)C. The highest BCUT2D eigenvalue weighted by Crippen LogP contribution is 2.63. The van der Waals surface area contributed by atoms with Crippen LogP contribution in [-0.2, 0) is 16.2 Å². The van der Waals surface area contributed by atoms with Crippen LogP contribution in [0.25, 0.3) is 33.4 Å². The minimum Gasteiger partial charge on any atom is -0.454 e. The van der Waals surface area contributed by atoms with Crippen LogP contribution in [0.15, 0.2) is 129 Å². The van der Waals surface area contributed by atoms with Gasteiger partial charge < -0.3 is 4.74 Å². The highest BCUT2D eigenvalue weighted by Gasteiger charge is 2.43. The van der Waals surface area contributed by atoms with Crippen LogP contribution in [0.4, 0.5) is 0 Å². The summed E-state index contributed by atoms with van der Waals surface area (Å²) in [5.41, 5.74) is 15.8. The quantitative estimate of drug-likeness (QED) is 0.174. The van der Waals surface area contributed by atoms with Crippen molar-refractivity contribution in [2.45, 2.75) is 77.4 Å². The molecule has 0 fully saturated rings. The number of para-hydroxylation sites is 1. The number of hydrogen-bond acceptors (Lipinski definition) is 3. The predicted molar refractivity (Wildman–Crippen MR) is 200 cm³/mol. The Labute approximate surface area is 291 Å². The summed E-state index contributed by atoms with van der Waals surface area (Å²) in [5.74, 6) is 1.96. The summed E-state index contributed by atoms with van der Waals surface area (Å²) >= 11 is 3.79. The second-order valence-corrected chi connectivity index (χ2v) is 17.4. The molecule has 2 aliphatic heterocycles. The van der Waals surface area contributed by atoms with E-state index in [0.717, 1.165) is 17.1 Å². The molecule has 0 bridgehead atoms. The molecule has 0 N–H and O–H groups in total. The highest BCUT2D eigenvalue weighted by atomic mass is 32.2. The average molecular weight is 657 g/mol. The molecule has 0 amide bonds. The topological polar surface area (TPSA) is 9.23 Å². The first-order valence-corrected chi connectivity index (χ1v) is 18.6. The van der Waals surface area contributed by atoms with Gasteiger partial charge in [-0.15, -0.1) is 0 Å². The van der Waals surface area contributed by atoms with Gasteiger partial charge in [0.25, 0.3) is 0 Å². The molecule has 0 saturated carbocycles. The lowest BCUT2D eigenvalue weighted by Crippen LogP contribution is -2.25. The molecule has 0 aromatic heterocycles. The number of ether oxygens (including phenoxy) is 1. The molecule has 6 aromatic rings. The zero-order valence-corrected chi connectivity index (χ0v) is 29.8. The summed E-state index contributed by atoms with van der Waals surface area (Å²) in [6, 6.07) is 40.8. The minimum atomic E-state index is -0.157. The maximum Gasteiger partial charge on any atom is 0.149 e. The van der Waals surface area contributed by atoms with Gasteiger partial charge in [0.2, 0.25) is 0 Å². The van der Waals surface area contributed by atoms with E-state index in [1.54, 1.807) is 0 Å². The maximum atomic E-state index is 7.19. The van der Waals surface area contributed by atoms with E-state index in [1.165, 1.54) is 80.8 Å². The first-order valence-electron chi connectivity index (χ1n) is 16.9. The predicted octanol–water partition coefficient (Wildman–Crippen LogP) is 13.0. The molecule has 3 heteroatoms. The molecule has 2 aliphatic carbocycles. The summed E-state index contributed by atoms with van der Waals surface area (Å²) in [6.45, 7) is 14.2. The van der Waals surface area contributed by atoms with E-state index >= 15 is 0 Å². The van der Waals surface area contributed by atoms with Gasteiger partial charge in [0.15, 0.2) is 0 Å². The Morgan fingerprint density at radius 2 is 0.875 bits per heavy atom. The van der Waals surface area contributed by atoms with Crippen LogP contribution >= 0.6 is 23.5 Å². The molecule has 234 valence electrons. The van der Waals surface area contributed by atoms with E-state index in [4.69, 9.17) is 4.74 Å². The van der Waals surface area contributed by atoms with E-state index in [9.17, 15) is 0 Å². The molecule has 6 aromatic carbocycles. The van der Waals surface area contributed by atoms with Crippen molar-refractivity contribution in [3.63, 3.8) is 0 Å². The molecule has 0 saturated heterocycles. The molecule has 1 nitrogen and oxygen atoms in total. The summed E-state index contributed by atoms with van der Waals surface area (Å²) in [7, 11) is 0. The van der Waals surface area contributed by atoms with Gasteiger partial charge in [-0.1, -0.05) is 162 Å². The fraction of sp³-hybridized carbons (Fsp3) is 0.200. The van der Waals surface area contributed by atoms with Gasteiger partial charge in [-0.25, -0.2) is 0 Å². The zero-order chi connectivity index (χ0) is 32.7. The fourth-order valence-corrected chi connectivity index (χ4v) is 11.7. The molecule has 2 heterocycles. The molecule has 0 spiro atoms. The smallest absolute Gasteiger partial charge is 0.149 e. The lowest BCUT2D eigenvalue weighted by atomic mass is 9.75. The highest BCUT2D eigenvalue weighted by molar-refractivity contribution is 8.00. The van der Waals surface area contributed by atoms with E-state index in [-0.39, 0.29) is 16.2 Å². The molecule has 48 heavy (non-hydrogen) atoms. The van der Waals surface area contributed by atoms with Gasteiger partial charge >= 0.3 is 0 Å². The number of rotatable bonds is 1. The third kappa shape index (κ3) is 3.56. The molecular weight excluding hydrogens is 621 g/mol. The van der Waals surface area contributed by atoms with Crippen LogP contribution in [0, 0.1) is 0 Å². The fourth-order valence-electron chi connectivity index (χ4n) is 9.02. The first kappa shape index (κ1) is 28.8. The van der Waals surface area contributed by atoms with Crippen LogP contribution in [0.5, 0.6) is 11.5 Å². The van der Waals surface area contributed by atoms with Crippen LogP contribution in [0.2, 0.25) is 0 Å². The third-order valence-electron chi connectivity index (χ3n) is 11.6. The summed E-state index contributed by atoms with van der Waals surface area (Å²) in [6.07, 6.45) is 0. The van der Waals surface area contributed by atoms with Gasteiger partial charge in [0.05, 0.1) is 9.79 Å².